The minimum atomic E-state index is 0.573. The fourth-order valence-electron chi connectivity index (χ4n) is 4.02. The van der Waals surface area contributed by atoms with Crippen molar-refractivity contribution in [1.82, 2.24) is 10.2 Å². The fourth-order valence-corrected chi connectivity index (χ4v) is 4.02. The van der Waals surface area contributed by atoms with Gasteiger partial charge in [0.2, 0.25) is 0 Å². The van der Waals surface area contributed by atoms with Crippen LogP contribution >= 0.6 is 0 Å². The lowest BCUT2D eigenvalue weighted by Crippen LogP contribution is -2.40. The highest BCUT2D eigenvalue weighted by Crippen LogP contribution is 2.45. The predicted molar refractivity (Wildman–Crippen MR) is 75.5 cm³/mol. The molecule has 1 atom stereocenters. The van der Waals surface area contributed by atoms with Gasteiger partial charge in [-0.25, -0.2) is 0 Å². The largest absolute Gasteiger partial charge is 0.315 e. The third-order valence-corrected chi connectivity index (χ3v) is 4.92. The van der Waals surface area contributed by atoms with Crippen LogP contribution < -0.4 is 5.32 Å². The molecular formula is C16H24N2. The van der Waals surface area contributed by atoms with Gasteiger partial charge >= 0.3 is 0 Å². The van der Waals surface area contributed by atoms with E-state index in [0.717, 1.165) is 6.54 Å². The molecule has 1 heterocycles. The van der Waals surface area contributed by atoms with E-state index >= 15 is 0 Å². The van der Waals surface area contributed by atoms with Crippen LogP contribution in [0.25, 0.3) is 0 Å². The van der Waals surface area contributed by atoms with E-state index in [2.05, 4.69) is 47.6 Å². The van der Waals surface area contributed by atoms with Crippen molar-refractivity contribution in [3.05, 3.63) is 35.9 Å². The van der Waals surface area contributed by atoms with Gasteiger partial charge in [0.1, 0.15) is 0 Å². The van der Waals surface area contributed by atoms with E-state index in [0.29, 0.717) is 11.5 Å². The maximum atomic E-state index is 3.57. The second-order valence-electron chi connectivity index (χ2n) is 6.07. The van der Waals surface area contributed by atoms with Crippen molar-refractivity contribution in [3.8, 4) is 0 Å². The monoisotopic (exact) mass is 244 g/mol. The van der Waals surface area contributed by atoms with Gasteiger partial charge in [-0.3, -0.25) is 4.90 Å². The van der Waals surface area contributed by atoms with Crippen molar-refractivity contribution in [2.24, 2.45) is 5.41 Å². The second kappa shape index (κ2) is 5.02. The molecule has 1 aromatic carbocycles. The van der Waals surface area contributed by atoms with E-state index in [1.54, 1.807) is 0 Å². The third-order valence-electron chi connectivity index (χ3n) is 4.92. The minimum Gasteiger partial charge on any atom is -0.315 e. The molecular weight excluding hydrogens is 220 g/mol. The first-order chi connectivity index (χ1) is 8.82. The summed E-state index contributed by atoms with van der Waals surface area (Å²) in [4.78, 5) is 2.64. The number of benzene rings is 1. The number of rotatable bonds is 3. The summed E-state index contributed by atoms with van der Waals surface area (Å²) in [6.45, 7) is 3.61. The lowest BCUT2D eigenvalue weighted by atomic mass is 9.81. The van der Waals surface area contributed by atoms with Crippen molar-refractivity contribution < 1.29 is 0 Å². The van der Waals surface area contributed by atoms with E-state index < -0.39 is 0 Å². The Labute approximate surface area is 110 Å². The van der Waals surface area contributed by atoms with E-state index in [9.17, 15) is 0 Å². The predicted octanol–water partition coefficient (Wildman–Crippen LogP) is 2.65. The number of nitrogens with one attached hydrogen (secondary N) is 1. The summed E-state index contributed by atoms with van der Waals surface area (Å²) in [5.74, 6) is 0. The van der Waals surface area contributed by atoms with Crippen molar-refractivity contribution in [3.63, 3.8) is 0 Å². The van der Waals surface area contributed by atoms with Gasteiger partial charge in [0.05, 0.1) is 0 Å². The molecule has 1 unspecified atom stereocenters. The standard InChI is InChI=1S/C16H24N2/c1-17-15-12-18(11-14-7-3-2-4-8-14)13-16(15)9-5-6-10-16/h2-4,7-8,15,17H,5-6,9-13H2,1H3. The highest BCUT2D eigenvalue weighted by molar-refractivity contribution is 5.15. The molecule has 0 aromatic heterocycles. The zero-order chi connectivity index (χ0) is 12.4. The average molecular weight is 244 g/mol. The Balaban J connectivity index is 1.69. The van der Waals surface area contributed by atoms with Crippen LogP contribution in [0.1, 0.15) is 31.2 Å². The van der Waals surface area contributed by atoms with Crippen LogP contribution in [0.15, 0.2) is 30.3 Å². The van der Waals surface area contributed by atoms with Gasteiger partial charge in [0.15, 0.2) is 0 Å². The number of likely N-dealkylation sites (N-methyl/N-ethyl adjacent to an activating group) is 1. The van der Waals surface area contributed by atoms with E-state index in [1.807, 2.05) is 0 Å². The van der Waals surface area contributed by atoms with Crippen molar-refractivity contribution in [1.29, 1.82) is 0 Å². The van der Waals surface area contributed by atoms with Gasteiger partial charge in [-0.05, 0) is 30.9 Å². The normalized spacial score (nSPS) is 27.1. The molecule has 1 aliphatic carbocycles. The molecule has 1 N–H and O–H groups in total. The van der Waals surface area contributed by atoms with Gasteiger partial charge in [-0.1, -0.05) is 43.2 Å². The highest BCUT2D eigenvalue weighted by Gasteiger charge is 2.46. The molecule has 2 fully saturated rings. The Bertz CT molecular complexity index is 381. The number of hydrogen-bond acceptors (Lipinski definition) is 2. The smallest absolute Gasteiger partial charge is 0.0260 e. The van der Waals surface area contributed by atoms with Crippen LogP contribution in [0.4, 0.5) is 0 Å². The van der Waals surface area contributed by atoms with Gasteiger partial charge in [0.25, 0.3) is 0 Å². The zero-order valence-electron chi connectivity index (χ0n) is 11.4. The highest BCUT2D eigenvalue weighted by atomic mass is 15.2. The molecule has 0 amide bonds. The van der Waals surface area contributed by atoms with Gasteiger partial charge in [0, 0.05) is 25.7 Å². The molecule has 1 aliphatic heterocycles. The van der Waals surface area contributed by atoms with Crippen LogP contribution in [0.3, 0.4) is 0 Å². The number of nitrogens with zero attached hydrogens (tertiary/aromatic N) is 1. The summed E-state index contributed by atoms with van der Waals surface area (Å²) in [6, 6.07) is 11.6. The first-order valence-corrected chi connectivity index (χ1v) is 7.26. The molecule has 1 spiro atoms. The van der Waals surface area contributed by atoms with Crippen LogP contribution in [-0.4, -0.2) is 31.1 Å². The van der Waals surface area contributed by atoms with Crippen molar-refractivity contribution in [2.45, 2.75) is 38.3 Å². The summed E-state index contributed by atoms with van der Waals surface area (Å²) in [7, 11) is 2.14. The Hall–Kier alpha value is -0.860. The molecule has 18 heavy (non-hydrogen) atoms. The molecule has 2 nitrogen and oxygen atoms in total. The third kappa shape index (κ3) is 2.19. The topological polar surface area (TPSA) is 15.3 Å². The van der Waals surface area contributed by atoms with Gasteiger partial charge in [-0.2, -0.15) is 0 Å². The minimum absolute atomic E-state index is 0.573. The molecule has 1 saturated heterocycles. The quantitative estimate of drug-likeness (QED) is 0.879. The van der Waals surface area contributed by atoms with Crippen molar-refractivity contribution in [2.75, 3.05) is 20.1 Å². The van der Waals surface area contributed by atoms with E-state index in [1.165, 1.54) is 44.3 Å². The van der Waals surface area contributed by atoms with Crippen LogP contribution in [0, 0.1) is 5.41 Å². The molecule has 3 rings (SSSR count). The molecule has 2 aliphatic rings. The Morgan fingerprint density at radius 3 is 2.61 bits per heavy atom. The lowest BCUT2D eigenvalue weighted by Gasteiger charge is -2.29. The molecule has 0 radical (unpaired) electrons. The summed E-state index contributed by atoms with van der Waals surface area (Å²) in [5.41, 5.74) is 2.02. The van der Waals surface area contributed by atoms with Crippen molar-refractivity contribution >= 4 is 0 Å². The molecule has 98 valence electrons. The Morgan fingerprint density at radius 2 is 1.94 bits per heavy atom. The van der Waals surface area contributed by atoms with E-state index in [4.69, 9.17) is 0 Å². The van der Waals surface area contributed by atoms with Gasteiger partial charge < -0.3 is 5.32 Å². The summed E-state index contributed by atoms with van der Waals surface area (Å²) in [5, 5.41) is 3.57. The van der Waals surface area contributed by atoms with Crippen LogP contribution in [0.2, 0.25) is 0 Å². The maximum Gasteiger partial charge on any atom is 0.0260 e. The van der Waals surface area contributed by atoms with Crippen LogP contribution in [0.5, 0.6) is 0 Å². The van der Waals surface area contributed by atoms with Crippen LogP contribution in [-0.2, 0) is 6.54 Å². The lowest BCUT2D eigenvalue weighted by molar-refractivity contribution is 0.238. The second-order valence-corrected chi connectivity index (χ2v) is 6.07. The zero-order valence-corrected chi connectivity index (χ0v) is 11.4. The Morgan fingerprint density at radius 1 is 1.22 bits per heavy atom. The first-order valence-electron chi connectivity index (χ1n) is 7.26. The number of likely N-dealkylation sites (tertiary alicyclic amines) is 1. The first kappa shape index (κ1) is 12.2. The molecule has 1 aromatic rings. The summed E-state index contributed by atoms with van der Waals surface area (Å²) >= 11 is 0. The van der Waals surface area contributed by atoms with E-state index in [-0.39, 0.29) is 0 Å². The molecule has 2 heteroatoms. The molecule has 0 bridgehead atoms. The maximum absolute atomic E-state index is 3.57. The average Bonchev–Trinajstić information content (AvgIpc) is 2.99. The van der Waals surface area contributed by atoms with Gasteiger partial charge in [-0.15, -0.1) is 0 Å². The fraction of sp³-hybridized carbons (Fsp3) is 0.625. The summed E-state index contributed by atoms with van der Waals surface area (Å²) < 4.78 is 0. The number of hydrogen-bond donors (Lipinski definition) is 1. The summed E-state index contributed by atoms with van der Waals surface area (Å²) in [6.07, 6.45) is 5.70. The Kier molecular flexibility index (Phi) is 3.40. The molecule has 1 saturated carbocycles. The SMILES string of the molecule is CNC1CN(Cc2ccccc2)CC12CCCC2.